The molecule has 0 aromatic heterocycles. The van der Waals surface area contributed by atoms with Gasteiger partial charge in [0, 0.05) is 11.3 Å². The molecule has 0 unspecified atom stereocenters. The second-order valence-electron chi connectivity index (χ2n) is 6.46. The summed E-state index contributed by atoms with van der Waals surface area (Å²) in [6, 6.07) is 21.7. The van der Waals surface area contributed by atoms with Crippen LogP contribution in [0.2, 0.25) is 0 Å². The molecule has 2 amide bonds. The molecule has 3 aromatic carbocycles. The SMILES string of the molecule is Cc1ccc(C(=O)N/N=C/c2ccc(OCC(=O)Nc3ccccc3)c(Br)c2)cc1. The molecule has 0 radical (unpaired) electrons. The minimum atomic E-state index is -0.283. The van der Waals surface area contributed by atoms with E-state index in [9.17, 15) is 9.59 Å². The summed E-state index contributed by atoms with van der Waals surface area (Å²) in [5.74, 6) is -0.00805. The van der Waals surface area contributed by atoms with Gasteiger partial charge in [-0.25, -0.2) is 5.43 Å². The van der Waals surface area contributed by atoms with Crippen molar-refractivity contribution in [3.63, 3.8) is 0 Å². The lowest BCUT2D eigenvalue weighted by Gasteiger charge is -2.09. The predicted octanol–water partition coefficient (Wildman–Crippen LogP) is 4.54. The van der Waals surface area contributed by atoms with E-state index in [0.717, 1.165) is 11.1 Å². The Morgan fingerprint density at radius 1 is 1.03 bits per heavy atom. The molecule has 152 valence electrons. The number of halogens is 1. The minimum Gasteiger partial charge on any atom is -0.483 e. The van der Waals surface area contributed by atoms with E-state index < -0.39 is 0 Å². The van der Waals surface area contributed by atoms with Crippen LogP contribution < -0.4 is 15.5 Å². The number of carbonyl (C=O) groups is 2. The van der Waals surface area contributed by atoms with E-state index in [1.807, 2.05) is 37.3 Å². The first-order valence-corrected chi connectivity index (χ1v) is 9.98. The molecule has 6 nitrogen and oxygen atoms in total. The van der Waals surface area contributed by atoms with Crippen molar-refractivity contribution in [2.24, 2.45) is 5.10 Å². The average Bonchev–Trinajstić information content (AvgIpc) is 2.74. The zero-order valence-corrected chi connectivity index (χ0v) is 17.8. The Morgan fingerprint density at radius 3 is 2.47 bits per heavy atom. The Kier molecular flexibility index (Phi) is 7.34. The highest BCUT2D eigenvalue weighted by Crippen LogP contribution is 2.25. The van der Waals surface area contributed by atoms with E-state index in [2.05, 4.69) is 31.8 Å². The van der Waals surface area contributed by atoms with Gasteiger partial charge in [0.2, 0.25) is 0 Å². The Morgan fingerprint density at radius 2 is 1.77 bits per heavy atom. The fourth-order valence-electron chi connectivity index (χ4n) is 2.51. The largest absolute Gasteiger partial charge is 0.483 e. The maximum absolute atomic E-state index is 12.1. The fourth-order valence-corrected chi connectivity index (χ4v) is 3.02. The van der Waals surface area contributed by atoms with Crippen molar-refractivity contribution in [2.45, 2.75) is 6.92 Å². The zero-order valence-electron chi connectivity index (χ0n) is 16.3. The summed E-state index contributed by atoms with van der Waals surface area (Å²) in [5.41, 5.74) is 5.59. The van der Waals surface area contributed by atoms with Gasteiger partial charge in [0.1, 0.15) is 5.75 Å². The van der Waals surface area contributed by atoms with Crippen LogP contribution in [-0.2, 0) is 4.79 Å². The lowest BCUT2D eigenvalue weighted by atomic mass is 10.1. The number of amides is 2. The van der Waals surface area contributed by atoms with E-state index in [4.69, 9.17) is 4.74 Å². The number of carbonyl (C=O) groups excluding carboxylic acids is 2. The highest BCUT2D eigenvalue weighted by molar-refractivity contribution is 9.10. The first kappa shape index (κ1) is 21.3. The van der Waals surface area contributed by atoms with Crippen LogP contribution in [0.15, 0.2) is 82.4 Å². The van der Waals surface area contributed by atoms with Gasteiger partial charge in [-0.15, -0.1) is 0 Å². The van der Waals surface area contributed by atoms with Gasteiger partial charge in [-0.2, -0.15) is 5.10 Å². The van der Waals surface area contributed by atoms with Gasteiger partial charge >= 0.3 is 0 Å². The third kappa shape index (κ3) is 6.28. The molecule has 0 spiro atoms. The average molecular weight is 466 g/mol. The van der Waals surface area contributed by atoms with Crippen molar-refractivity contribution in [1.29, 1.82) is 0 Å². The zero-order chi connectivity index (χ0) is 21.3. The minimum absolute atomic E-state index is 0.118. The van der Waals surface area contributed by atoms with E-state index in [1.54, 1.807) is 42.5 Å². The molecule has 3 rings (SSSR count). The number of nitrogens with zero attached hydrogens (tertiary/aromatic N) is 1. The summed E-state index contributed by atoms with van der Waals surface area (Å²) in [7, 11) is 0. The normalized spacial score (nSPS) is 10.6. The Bertz CT molecular complexity index is 1050. The first-order chi connectivity index (χ1) is 14.5. The number of hydrazone groups is 1. The lowest BCUT2D eigenvalue weighted by Crippen LogP contribution is -2.20. The van der Waals surface area contributed by atoms with E-state index in [1.165, 1.54) is 6.21 Å². The van der Waals surface area contributed by atoms with Gasteiger partial charge in [0.15, 0.2) is 6.61 Å². The maximum Gasteiger partial charge on any atom is 0.271 e. The molecule has 0 aliphatic carbocycles. The van der Waals surface area contributed by atoms with Crippen LogP contribution >= 0.6 is 15.9 Å². The Hall–Kier alpha value is -3.45. The van der Waals surface area contributed by atoms with Crippen molar-refractivity contribution >= 4 is 39.6 Å². The summed E-state index contributed by atoms with van der Waals surface area (Å²) >= 11 is 3.42. The van der Waals surface area contributed by atoms with Gasteiger partial charge in [-0.3, -0.25) is 9.59 Å². The van der Waals surface area contributed by atoms with Crippen LogP contribution in [0.4, 0.5) is 5.69 Å². The van der Waals surface area contributed by atoms with E-state index in [-0.39, 0.29) is 18.4 Å². The van der Waals surface area contributed by atoms with Crippen LogP contribution in [0.25, 0.3) is 0 Å². The molecule has 0 fully saturated rings. The summed E-state index contributed by atoms with van der Waals surface area (Å²) in [6.07, 6.45) is 1.53. The number of para-hydroxylation sites is 1. The van der Waals surface area contributed by atoms with Gasteiger partial charge in [-0.1, -0.05) is 35.9 Å². The van der Waals surface area contributed by atoms with Crippen LogP contribution in [0.1, 0.15) is 21.5 Å². The monoisotopic (exact) mass is 465 g/mol. The number of aryl methyl sites for hydroxylation is 1. The predicted molar refractivity (Wildman–Crippen MR) is 121 cm³/mol. The molecule has 2 N–H and O–H groups in total. The lowest BCUT2D eigenvalue weighted by molar-refractivity contribution is -0.118. The van der Waals surface area contributed by atoms with Crippen molar-refractivity contribution in [3.8, 4) is 5.75 Å². The third-order valence-electron chi connectivity index (χ3n) is 4.07. The number of hydrogen-bond acceptors (Lipinski definition) is 4. The summed E-state index contributed by atoms with van der Waals surface area (Å²) in [6.45, 7) is 1.84. The molecule has 30 heavy (non-hydrogen) atoms. The second-order valence-corrected chi connectivity index (χ2v) is 7.31. The fraction of sp³-hybridized carbons (Fsp3) is 0.0870. The number of rotatable bonds is 7. The van der Waals surface area contributed by atoms with Crippen molar-refractivity contribution < 1.29 is 14.3 Å². The van der Waals surface area contributed by atoms with Gasteiger partial charge < -0.3 is 10.1 Å². The molecule has 0 atom stereocenters. The van der Waals surface area contributed by atoms with Crippen LogP contribution in [-0.4, -0.2) is 24.6 Å². The molecular formula is C23H20BrN3O3. The molecule has 0 aliphatic heterocycles. The second kappa shape index (κ2) is 10.4. The van der Waals surface area contributed by atoms with Crippen molar-refractivity contribution in [3.05, 3.63) is 94.0 Å². The number of nitrogens with one attached hydrogen (secondary N) is 2. The number of benzene rings is 3. The number of anilines is 1. The third-order valence-corrected chi connectivity index (χ3v) is 4.69. The van der Waals surface area contributed by atoms with Crippen molar-refractivity contribution in [1.82, 2.24) is 5.43 Å². The molecule has 3 aromatic rings. The number of hydrogen-bond donors (Lipinski definition) is 2. The highest BCUT2D eigenvalue weighted by Gasteiger charge is 2.07. The topological polar surface area (TPSA) is 79.8 Å². The van der Waals surface area contributed by atoms with E-state index in [0.29, 0.717) is 21.5 Å². The quantitative estimate of drug-likeness (QED) is 0.397. The molecule has 0 saturated heterocycles. The van der Waals surface area contributed by atoms with Gasteiger partial charge in [-0.05, 0) is 70.9 Å². The molecule has 0 bridgehead atoms. The standard InChI is InChI=1S/C23H20BrN3O3/c1-16-7-10-18(11-8-16)23(29)27-25-14-17-9-12-21(20(24)13-17)30-15-22(28)26-19-5-3-2-4-6-19/h2-14H,15H2,1H3,(H,26,28)(H,27,29)/b25-14+. The summed E-state index contributed by atoms with van der Waals surface area (Å²) < 4.78 is 6.23. The van der Waals surface area contributed by atoms with Crippen LogP contribution in [0, 0.1) is 6.92 Å². The molecule has 0 aliphatic rings. The smallest absolute Gasteiger partial charge is 0.271 e. The summed E-state index contributed by atoms with van der Waals surface area (Å²) in [5, 5.41) is 6.74. The van der Waals surface area contributed by atoms with Gasteiger partial charge in [0.05, 0.1) is 10.7 Å². The maximum atomic E-state index is 12.1. The van der Waals surface area contributed by atoms with Crippen LogP contribution in [0.5, 0.6) is 5.75 Å². The Labute approximate surface area is 183 Å². The molecule has 0 saturated carbocycles. The Balaban J connectivity index is 1.51. The van der Waals surface area contributed by atoms with Crippen LogP contribution in [0.3, 0.4) is 0 Å². The molecule has 7 heteroatoms. The van der Waals surface area contributed by atoms with E-state index >= 15 is 0 Å². The first-order valence-electron chi connectivity index (χ1n) is 9.18. The molecular weight excluding hydrogens is 446 g/mol. The van der Waals surface area contributed by atoms with Crippen molar-refractivity contribution in [2.75, 3.05) is 11.9 Å². The highest BCUT2D eigenvalue weighted by atomic mass is 79.9. The number of ether oxygens (including phenoxy) is 1. The molecule has 0 heterocycles. The summed E-state index contributed by atoms with van der Waals surface area (Å²) in [4.78, 5) is 24.0. The van der Waals surface area contributed by atoms with Gasteiger partial charge in [0.25, 0.3) is 11.8 Å².